The number of carbonyl (C=O) groups excluding carboxylic acids is 1. The van der Waals surface area contributed by atoms with E-state index in [0.717, 1.165) is 64.1 Å². The third-order valence-corrected chi connectivity index (χ3v) is 5.57. The summed E-state index contributed by atoms with van der Waals surface area (Å²) in [6.45, 7) is 12.1. The molecule has 0 aromatic rings. The van der Waals surface area contributed by atoms with Gasteiger partial charge in [-0.25, -0.2) is 0 Å². The summed E-state index contributed by atoms with van der Waals surface area (Å²) in [4.78, 5) is 15.3. The van der Waals surface area contributed by atoms with Crippen molar-refractivity contribution in [3.05, 3.63) is 0 Å². The molecule has 1 amide bonds. The summed E-state index contributed by atoms with van der Waals surface area (Å²) < 4.78 is 0. The van der Waals surface area contributed by atoms with Crippen LogP contribution in [0.1, 0.15) is 72.6 Å². The molecule has 0 bridgehead atoms. The van der Waals surface area contributed by atoms with E-state index in [9.17, 15) is 4.79 Å². The molecular weight excluding hydrogens is 260 g/mol. The zero-order valence-corrected chi connectivity index (χ0v) is 14.5. The highest BCUT2D eigenvalue weighted by Crippen LogP contribution is 2.35. The van der Waals surface area contributed by atoms with Crippen molar-refractivity contribution < 1.29 is 4.79 Å². The van der Waals surface area contributed by atoms with E-state index < -0.39 is 0 Å². The largest absolute Gasteiger partial charge is 0.341 e. The van der Waals surface area contributed by atoms with Gasteiger partial charge >= 0.3 is 0 Å². The molecule has 21 heavy (non-hydrogen) atoms. The molecular formula is C18H34N2O. The maximum atomic E-state index is 13.1. The van der Waals surface area contributed by atoms with Crippen molar-refractivity contribution in [1.29, 1.82) is 0 Å². The first-order valence-corrected chi connectivity index (χ1v) is 8.93. The molecule has 0 aromatic carbocycles. The van der Waals surface area contributed by atoms with Gasteiger partial charge in [-0.1, -0.05) is 34.1 Å². The smallest absolute Gasteiger partial charge is 0.242 e. The van der Waals surface area contributed by atoms with Gasteiger partial charge in [-0.2, -0.15) is 0 Å². The molecule has 2 rings (SSSR count). The second-order valence-corrected chi connectivity index (χ2v) is 8.15. The fourth-order valence-electron chi connectivity index (χ4n) is 4.20. The minimum atomic E-state index is -0.240. The van der Waals surface area contributed by atoms with Crippen LogP contribution < -0.4 is 5.32 Å². The summed E-state index contributed by atoms with van der Waals surface area (Å²) in [6.07, 6.45) is 7.83. The molecule has 0 radical (unpaired) electrons. The maximum Gasteiger partial charge on any atom is 0.242 e. The van der Waals surface area contributed by atoms with Gasteiger partial charge in [-0.15, -0.1) is 0 Å². The van der Waals surface area contributed by atoms with Crippen LogP contribution in [0, 0.1) is 11.3 Å². The van der Waals surface area contributed by atoms with Crippen molar-refractivity contribution in [1.82, 2.24) is 10.2 Å². The van der Waals surface area contributed by atoms with Crippen LogP contribution in [0.25, 0.3) is 0 Å². The Labute approximate surface area is 130 Å². The van der Waals surface area contributed by atoms with Crippen molar-refractivity contribution in [2.75, 3.05) is 19.6 Å². The quantitative estimate of drug-likeness (QED) is 0.863. The van der Waals surface area contributed by atoms with Crippen LogP contribution in [0.3, 0.4) is 0 Å². The summed E-state index contributed by atoms with van der Waals surface area (Å²) in [6, 6.07) is 0. The lowest BCUT2D eigenvalue weighted by Crippen LogP contribution is -2.55. The Morgan fingerprint density at radius 2 is 2.00 bits per heavy atom. The number of hydrogen-bond donors (Lipinski definition) is 1. The fourth-order valence-corrected chi connectivity index (χ4v) is 4.20. The lowest BCUT2D eigenvalue weighted by molar-refractivity contribution is -0.138. The summed E-state index contributed by atoms with van der Waals surface area (Å²) in [5.74, 6) is 1.13. The number of amides is 1. The van der Waals surface area contributed by atoms with Gasteiger partial charge in [0.15, 0.2) is 0 Å². The first-order valence-electron chi connectivity index (χ1n) is 8.93. The third-order valence-electron chi connectivity index (χ3n) is 5.57. The molecule has 2 atom stereocenters. The van der Waals surface area contributed by atoms with E-state index in [1.54, 1.807) is 0 Å². The van der Waals surface area contributed by atoms with Crippen LogP contribution in [-0.2, 0) is 4.79 Å². The van der Waals surface area contributed by atoms with Crippen molar-refractivity contribution >= 4 is 5.91 Å². The van der Waals surface area contributed by atoms with Crippen LogP contribution in [0.2, 0.25) is 0 Å². The van der Waals surface area contributed by atoms with Crippen LogP contribution in [-0.4, -0.2) is 36.0 Å². The molecule has 3 nitrogen and oxygen atoms in total. The monoisotopic (exact) mass is 294 g/mol. The number of nitrogens with one attached hydrogen (secondary N) is 1. The van der Waals surface area contributed by atoms with Gasteiger partial charge in [0.05, 0.1) is 5.54 Å². The van der Waals surface area contributed by atoms with Crippen molar-refractivity contribution in [3.8, 4) is 0 Å². The molecule has 0 spiro atoms. The second kappa shape index (κ2) is 6.68. The Balaban J connectivity index is 2.02. The minimum Gasteiger partial charge on any atom is -0.341 e. The number of hydrogen-bond acceptors (Lipinski definition) is 2. The molecule has 2 unspecified atom stereocenters. The van der Waals surface area contributed by atoms with Gasteiger partial charge in [-0.05, 0) is 56.4 Å². The molecule has 2 fully saturated rings. The summed E-state index contributed by atoms with van der Waals surface area (Å²) >= 11 is 0. The molecule has 1 N–H and O–H groups in total. The standard InChI is InChI=1S/C18H34N2O/c1-5-10-18(11-7-12-19-18)16(21)20-13-6-8-15(9-14-20)17(2,3)4/h15,19H,5-14H2,1-4H3. The molecule has 0 aromatic heterocycles. The van der Waals surface area contributed by atoms with Gasteiger partial charge < -0.3 is 10.2 Å². The highest BCUT2D eigenvalue weighted by Gasteiger charge is 2.43. The van der Waals surface area contributed by atoms with Crippen molar-refractivity contribution in [3.63, 3.8) is 0 Å². The molecule has 3 heteroatoms. The molecule has 2 aliphatic heterocycles. The van der Waals surface area contributed by atoms with Crippen LogP contribution >= 0.6 is 0 Å². The number of carbonyl (C=O) groups is 1. The van der Waals surface area contributed by atoms with Gasteiger partial charge in [0.2, 0.25) is 5.91 Å². The van der Waals surface area contributed by atoms with E-state index in [1.165, 1.54) is 6.42 Å². The van der Waals surface area contributed by atoms with E-state index in [4.69, 9.17) is 0 Å². The van der Waals surface area contributed by atoms with E-state index in [-0.39, 0.29) is 5.54 Å². The molecule has 2 saturated heterocycles. The van der Waals surface area contributed by atoms with E-state index in [0.29, 0.717) is 11.3 Å². The SMILES string of the molecule is CCCC1(C(=O)N2CCCC(C(C)(C)C)CC2)CCCN1. The highest BCUT2D eigenvalue weighted by atomic mass is 16.2. The molecule has 2 aliphatic rings. The average Bonchev–Trinajstić information content (AvgIpc) is 2.74. The molecule has 122 valence electrons. The average molecular weight is 294 g/mol. The van der Waals surface area contributed by atoms with Gasteiger partial charge in [0, 0.05) is 13.1 Å². The van der Waals surface area contributed by atoms with Crippen LogP contribution in [0.5, 0.6) is 0 Å². The molecule has 2 heterocycles. The van der Waals surface area contributed by atoms with E-state index in [2.05, 4.69) is 37.9 Å². The minimum absolute atomic E-state index is 0.240. The summed E-state index contributed by atoms with van der Waals surface area (Å²) in [7, 11) is 0. The predicted molar refractivity (Wildman–Crippen MR) is 88.3 cm³/mol. The van der Waals surface area contributed by atoms with E-state index in [1.807, 2.05) is 0 Å². The lowest BCUT2D eigenvalue weighted by atomic mass is 9.77. The van der Waals surface area contributed by atoms with Crippen molar-refractivity contribution in [2.45, 2.75) is 78.2 Å². The number of likely N-dealkylation sites (tertiary alicyclic amines) is 1. The van der Waals surface area contributed by atoms with Crippen LogP contribution in [0.4, 0.5) is 0 Å². The predicted octanol–water partition coefficient (Wildman–Crippen LogP) is 3.58. The zero-order chi connectivity index (χ0) is 15.5. The first kappa shape index (κ1) is 16.8. The van der Waals surface area contributed by atoms with Gasteiger partial charge in [0.1, 0.15) is 0 Å². The highest BCUT2D eigenvalue weighted by molar-refractivity contribution is 5.86. The summed E-state index contributed by atoms with van der Waals surface area (Å²) in [5, 5.41) is 3.54. The number of nitrogens with zero attached hydrogens (tertiary/aromatic N) is 1. The van der Waals surface area contributed by atoms with Crippen molar-refractivity contribution in [2.24, 2.45) is 11.3 Å². The third kappa shape index (κ3) is 3.80. The summed E-state index contributed by atoms with van der Waals surface area (Å²) in [5.41, 5.74) is 0.127. The Morgan fingerprint density at radius 1 is 1.24 bits per heavy atom. The Morgan fingerprint density at radius 3 is 2.57 bits per heavy atom. The Kier molecular flexibility index (Phi) is 5.34. The zero-order valence-electron chi connectivity index (χ0n) is 14.5. The Bertz CT molecular complexity index is 353. The lowest BCUT2D eigenvalue weighted by Gasteiger charge is -2.34. The molecule has 0 saturated carbocycles. The normalized spacial score (nSPS) is 31.2. The fraction of sp³-hybridized carbons (Fsp3) is 0.944. The number of rotatable bonds is 3. The second-order valence-electron chi connectivity index (χ2n) is 8.15. The van der Waals surface area contributed by atoms with Crippen LogP contribution in [0.15, 0.2) is 0 Å². The first-order chi connectivity index (χ1) is 9.89. The van der Waals surface area contributed by atoms with E-state index >= 15 is 0 Å². The molecule has 0 aliphatic carbocycles. The Hall–Kier alpha value is -0.570. The topological polar surface area (TPSA) is 32.3 Å². The van der Waals surface area contributed by atoms with Gasteiger partial charge in [-0.3, -0.25) is 4.79 Å². The maximum absolute atomic E-state index is 13.1. The van der Waals surface area contributed by atoms with Gasteiger partial charge in [0.25, 0.3) is 0 Å².